The molecule has 0 aliphatic heterocycles. The summed E-state index contributed by atoms with van der Waals surface area (Å²) in [5, 5.41) is 8.14. The lowest BCUT2D eigenvalue weighted by Crippen LogP contribution is -2.13. The number of nitrogens with zero attached hydrogens (tertiary/aromatic N) is 3. The highest BCUT2D eigenvalue weighted by Gasteiger charge is 2.11. The first-order chi connectivity index (χ1) is 13.7. The normalized spacial score (nSPS) is 10.8. The van der Waals surface area contributed by atoms with Gasteiger partial charge in [0.15, 0.2) is 11.5 Å². The zero-order valence-corrected chi connectivity index (χ0v) is 16.9. The van der Waals surface area contributed by atoms with E-state index in [-0.39, 0.29) is 0 Å². The highest BCUT2D eigenvalue weighted by molar-refractivity contribution is 6.32. The zero-order chi connectivity index (χ0) is 19.8. The number of ether oxygens (including phenoxy) is 2. The Labute approximate surface area is 170 Å². The summed E-state index contributed by atoms with van der Waals surface area (Å²) in [6, 6.07) is 12.3. The van der Waals surface area contributed by atoms with E-state index in [1.54, 1.807) is 24.4 Å². The van der Waals surface area contributed by atoms with Crippen LogP contribution in [-0.2, 0) is 19.6 Å². The van der Waals surface area contributed by atoms with Crippen LogP contribution in [0.15, 0.2) is 49.1 Å². The molecule has 0 aliphatic rings. The lowest BCUT2D eigenvalue weighted by molar-refractivity contribution is 0.294. The molecule has 28 heavy (non-hydrogen) atoms. The summed E-state index contributed by atoms with van der Waals surface area (Å²) in [4.78, 5) is 3.96. The van der Waals surface area contributed by atoms with Crippen molar-refractivity contribution in [2.24, 2.45) is 0 Å². The molecule has 148 valence electrons. The summed E-state index contributed by atoms with van der Waals surface area (Å²) in [5.74, 6) is 1.27. The summed E-state index contributed by atoms with van der Waals surface area (Å²) in [6.07, 6.45) is 4.18. The number of hydrogen-bond acceptors (Lipinski definition) is 5. The number of rotatable bonds is 10. The van der Waals surface area contributed by atoms with Gasteiger partial charge in [-0.25, -0.2) is 9.67 Å². The third kappa shape index (κ3) is 5.47. The van der Waals surface area contributed by atoms with Crippen molar-refractivity contribution < 1.29 is 9.47 Å². The van der Waals surface area contributed by atoms with Crippen LogP contribution in [0.1, 0.15) is 30.0 Å². The van der Waals surface area contributed by atoms with Crippen LogP contribution in [0.25, 0.3) is 0 Å². The second kappa shape index (κ2) is 10.1. The van der Waals surface area contributed by atoms with E-state index in [4.69, 9.17) is 21.1 Å². The average molecular weight is 401 g/mol. The molecule has 0 aliphatic carbocycles. The maximum atomic E-state index is 6.38. The summed E-state index contributed by atoms with van der Waals surface area (Å²) in [6.45, 7) is 4.83. The maximum absolute atomic E-state index is 6.38. The van der Waals surface area contributed by atoms with Crippen LogP contribution in [0, 0.1) is 0 Å². The maximum Gasteiger partial charge on any atom is 0.179 e. The largest absolute Gasteiger partial charge is 0.493 e. The van der Waals surface area contributed by atoms with Gasteiger partial charge in [-0.3, -0.25) is 0 Å². The van der Waals surface area contributed by atoms with Gasteiger partial charge in [0, 0.05) is 13.1 Å². The Morgan fingerprint density at radius 2 is 1.82 bits per heavy atom. The van der Waals surface area contributed by atoms with E-state index < -0.39 is 0 Å². The molecule has 0 radical (unpaired) electrons. The Morgan fingerprint density at radius 1 is 1.07 bits per heavy atom. The number of halogens is 1. The molecule has 7 heteroatoms. The number of methoxy groups -OCH3 is 1. The van der Waals surface area contributed by atoms with Crippen molar-refractivity contribution in [3.8, 4) is 11.5 Å². The molecule has 0 unspecified atom stereocenters. The molecule has 0 amide bonds. The Hall–Kier alpha value is -2.57. The molecule has 2 aromatic carbocycles. The van der Waals surface area contributed by atoms with Gasteiger partial charge in [-0.15, -0.1) is 0 Å². The molecule has 1 aromatic heterocycles. The fourth-order valence-corrected chi connectivity index (χ4v) is 3.12. The van der Waals surface area contributed by atoms with Gasteiger partial charge < -0.3 is 14.8 Å². The molecule has 0 saturated carbocycles. The van der Waals surface area contributed by atoms with Gasteiger partial charge >= 0.3 is 0 Å². The second-order valence-electron chi connectivity index (χ2n) is 6.47. The number of benzene rings is 2. The van der Waals surface area contributed by atoms with Gasteiger partial charge in [0.2, 0.25) is 0 Å². The smallest absolute Gasteiger partial charge is 0.179 e. The summed E-state index contributed by atoms with van der Waals surface area (Å²) in [5.41, 5.74) is 3.45. The third-order valence-corrected chi connectivity index (χ3v) is 4.51. The van der Waals surface area contributed by atoms with E-state index in [1.807, 2.05) is 12.1 Å². The quantitative estimate of drug-likeness (QED) is 0.556. The first-order valence-corrected chi connectivity index (χ1v) is 9.67. The summed E-state index contributed by atoms with van der Waals surface area (Å²) >= 11 is 6.38. The second-order valence-corrected chi connectivity index (χ2v) is 6.88. The Bertz CT molecular complexity index is 867. The van der Waals surface area contributed by atoms with Gasteiger partial charge in [0.05, 0.1) is 25.3 Å². The topological polar surface area (TPSA) is 61.2 Å². The molecule has 0 fully saturated rings. The van der Waals surface area contributed by atoms with E-state index >= 15 is 0 Å². The van der Waals surface area contributed by atoms with Gasteiger partial charge in [0.25, 0.3) is 0 Å². The van der Waals surface area contributed by atoms with Crippen molar-refractivity contribution in [3.05, 3.63) is 70.8 Å². The molecule has 3 rings (SSSR count). The van der Waals surface area contributed by atoms with Crippen molar-refractivity contribution in [1.29, 1.82) is 0 Å². The van der Waals surface area contributed by atoms with Gasteiger partial charge in [-0.2, -0.15) is 5.10 Å². The van der Waals surface area contributed by atoms with Crippen molar-refractivity contribution in [1.82, 2.24) is 20.1 Å². The van der Waals surface area contributed by atoms with E-state index in [2.05, 4.69) is 46.6 Å². The fourth-order valence-electron chi connectivity index (χ4n) is 2.83. The van der Waals surface area contributed by atoms with Crippen molar-refractivity contribution in [2.75, 3.05) is 13.7 Å². The number of aromatic nitrogens is 3. The molecule has 0 atom stereocenters. The zero-order valence-electron chi connectivity index (χ0n) is 16.2. The van der Waals surface area contributed by atoms with E-state index in [0.717, 1.165) is 25.1 Å². The predicted molar refractivity (Wildman–Crippen MR) is 110 cm³/mol. The van der Waals surface area contributed by atoms with Gasteiger partial charge in [-0.05, 0) is 35.2 Å². The van der Waals surface area contributed by atoms with E-state index in [1.165, 1.54) is 11.1 Å². The van der Waals surface area contributed by atoms with Crippen LogP contribution < -0.4 is 14.8 Å². The van der Waals surface area contributed by atoms with E-state index in [9.17, 15) is 0 Å². The van der Waals surface area contributed by atoms with Crippen LogP contribution in [0.5, 0.6) is 11.5 Å². The number of nitrogens with one attached hydrogen (secondary N) is 1. The van der Waals surface area contributed by atoms with Crippen LogP contribution in [0.4, 0.5) is 0 Å². The summed E-state index contributed by atoms with van der Waals surface area (Å²) in [7, 11) is 1.63. The predicted octanol–water partition coefficient (Wildman–Crippen LogP) is 4.07. The first-order valence-electron chi connectivity index (χ1n) is 9.29. The molecule has 1 N–H and O–H groups in total. The van der Waals surface area contributed by atoms with Gasteiger partial charge in [-0.1, -0.05) is 42.8 Å². The number of hydrogen-bond donors (Lipinski definition) is 1. The molecule has 0 spiro atoms. The molecule has 1 heterocycles. The van der Waals surface area contributed by atoms with Crippen LogP contribution in [0.2, 0.25) is 5.02 Å². The first kappa shape index (κ1) is 20.2. The van der Waals surface area contributed by atoms with Crippen molar-refractivity contribution in [3.63, 3.8) is 0 Å². The van der Waals surface area contributed by atoms with E-state index in [0.29, 0.717) is 29.7 Å². The molecule has 0 saturated heterocycles. The van der Waals surface area contributed by atoms with Crippen molar-refractivity contribution in [2.45, 2.75) is 33.0 Å². The Balaban J connectivity index is 1.55. The fraction of sp³-hybridized carbons (Fsp3) is 0.333. The minimum Gasteiger partial charge on any atom is -0.493 e. The third-order valence-electron chi connectivity index (χ3n) is 4.23. The van der Waals surface area contributed by atoms with Crippen molar-refractivity contribution >= 4 is 11.6 Å². The molecular formula is C21H25ClN4O2. The van der Waals surface area contributed by atoms with Crippen LogP contribution in [0.3, 0.4) is 0 Å². The monoisotopic (exact) mass is 400 g/mol. The van der Waals surface area contributed by atoms with Crippen LogP contribution in [-0.4, -0.2) is 28.5 Å². The Kier molecular flexibility index (Phi) is 7.28. The average Bonchev–Trinajstić information content (AvgIpc) is 3.21. The SMILES string of the molecule is CCCOc1c(Cl)cc(CNCc2ccc(Cn3cncn3)cc2)cc1OC. The summed E-state index contributed by atoms with van der Waals surface area (Å²) < 4.78 is 12.9. The highest BCUT2D eigenvalue weighted by atomic mass is 35.5. The minimum atomic E-state index is 0.571. The highest BCUT2D eigenvalue weighted by Crippen LogP contribution is 2.36. The molecule has 0 bridgehead atoms. The standard InChI is InChI=1S/C21H25ClN4O2/c1-3-8-28-21-19(22)9-18(10-20(21)27-2)12-23-11-16-4-6-17(7-5-16)13-26-15-24-14-25-26/h4-7,9-10,14-15,23H,3,8,11-13H2,1-2H3. The molecule has 6 nitrogen and oxygen atoms in total. The lowest BCUT2D eigenvalue weighted by atomic mass is 10.1. The van der Waals surface area contributed by atoms with Gasteiger partial charge in [0.1, 0.15) is 12.7 Å². The Morgan fingerprint density at radius 3 is 2.50 bits per heavy atom. The molecular weight excluding hydrogens is 376 g/mol. The lowest BCUT2D eigenvalue weighted by Gasteiger charge is -2.14. The minimum absolute atomic E-state index is 0.571. The molecule has 3 aromatic rings. The van der Waals surface area contributed by atoms with Crippen LogP contribution >= 0.6 is 11.6 Å².